The molecule has 0 atom stereocenters. The zero-order valence-corrected chi connectivity index (χ0v) is 10.9. The zero-order chi connectivity index (χ0) is 14.1. The Hall–Kier alpha value is -2.62. The fraction of sp³-hybridized carbons (Fsp3) is 0.0625. The smallest absolute Gasteiger partial charge is 0.221 e. The van der Waals surface area contributed by atoms with Crippen LogP contribution in [0.4, 0.5) is 10.1 Å². The molecule has 3 rings (SSSR count). The first-order valence-corrected chi connectivity index (χ1v) is 6.18. The van der Waals surface area contributed by atoms with Crippen molar-refractivity contribution in [1.82, 2.24) is 4.98 Å². The van der Waals surface area contributed by atoms with E-state index in [0.717, 1.165) is 16.3 Å². The molecule has 3 nitrogen and oxygen atoms in total. The van der Waals surface area contributed by atoms with Gasteiger partial charge < -0.3 is 10.5 Å². The topological polar surface area (TPSA) is 48.1 Å². The van der Waals surface area contributed by atoms with Gasteiger partial charge >= 0.3 is 0 Å². The molecule has 0 saturated heterocycles. The predicted octanol–water partition coefficient (Wildman–Crippen LogP) is 3.63. The summed E-state index contributed by atoms with van der Waals surface area (Å²) in [4.78, 5) is 4.46. The Labute approximate surface area is 115 Å². The fourth-order valence-electron chi connectivity index (χ4n) is 2.19. The number of pyridine rings is 1. The van der Waals surface area contributed by atoms with Crippen molar-refractivity contribution in [1.29, 1.82) is 0 Å². The van der Waals surface area contributed by atoms with Gasteiger partial charge in [0.1, 0.15) is 5.82 Å². The van der Waals surface area contributed by atoms with Crippen LogP contribution in [-0.2, 0) is 0 Å². The molecule has 20 heavy (non-hydrogen) atoms. The Bertz CT molecular complexity index is 769. The molecule has 0 aliphatic rings. The van der Waals surface area contributed by atoms with Crippen LogP contribution in [0.3, 0.4) is 0 Å². The second kappa shape index (κ2) is 4.81. The summed E-state index contributed by atoms with van der Waals surface area (Å²) in [5.74, 6) is 0.232. The molecule has 1 aromatic heterocycles. The highest BCUT2D eigenvalue weighted by atomic mass is 19.1. The lowest BCUT2D eigenvalue weighted by Gasteiger charge is -2.10. The van der Waals surface area contributed by atoms with Crippen molar-refractivity contribution in [2.45, 2.75) is 0 Å². The van der Waals surface area contributed by atoms with Crippen molar-refractivity contribution in [2.75, 3.05) is 12.8 Å². The summed E-state index contributed by atoms with van der Waals surface area (Å²) in [5.41, 5.74) is 8.18. The third-order valence-electron chi connectivity index (χ3n) is 3.21. The molecule has 0 bridgehead atoms. The summed E-state index contributed by atoms with van der Waals surface area (Å²) in [7, 11) is 1.57. The average Bonchev–Trinajstić information content (AvgIpc) is 2.47. The number of ether oxygens (including phenoxy) is 1. The van der Waals surface area contributed by atoms with Gasteiger partial charge in [0.2, 0.25) is 5.88 Å². The first kappa shape index (κ1) is 12.4. The van der Waals surface area contributed by atoms with Gasteiger partial charge in [-0.3, -0.25) is 0 Å². The largest absolute Gasteiger partial charge is 0.481 e. The number of hydrogen-bond acceptors (Lipinski definition) is 3. The van der Waals surface area contributed by atoms with Gasteiger partial charge in [-0.05, 0) is 42.5 Å². The van der Waals surface area contributed by atoms with Gasteiger partial charge in [-0.2, -0.15) is 0 Å². The zero-order valence-electron chi connectivity index (χ0n) is 10.9. The summed E-state index contributed by atoms with van der Waals surface area (Å²) < 4.78 is 18.3. The quantitative estimate of drug-likeness (QED) is 0.722. The summed E-state index contributed by atoms with van der Waals surface area (Å²) in [6, 6.07) is 13.7. The van der Waals surface area contributed by atoms with Crippen molar-refractivity contribution in [3.63, 3.8) is 0 Å². The summed E-state index contributed by atoms with van der Waals surface area (Å²) >= 11 is 0. The van der Waals surface area contributed by atoms with E-state index in [9.17, 15) is 4.39 Å². The standard InChI is InChI=1S/C16H13FN2O/c1-20-16-12-3-2-4-14(18)13(12)9-15(19-16)10-5-7-11(17)8-6-10/h2-9H,18H2,1H3. The lowest BCUT2D eigenvalue weighted by molar-refractivity contribution is 0.404. The molecule has 0 amide bonds. The van der Waals surface area contributed by atoms with Gasteiger partial charge in [0.05, 0.1) is 12.8 Å². The van der Waals surface area contributed by atoms with Crippen LogP contribution < -0.4 is 10.5 Å². The van der Waals surface area contributed by atoms with E-state index in [0.29, 0.717) is 17.3 Å². The highest BCUT2D eigenvalue weighted by Gasteiger charge is 2.10. The monoisotopic (exact) mass is 268 g/mol. The van der Waals surface area contributed by atoms with Crippen LogP contribution in [-0.4, -0.2) is 12.1 Å². The lowest BCUT2D eigenvalue weighted by Crippen LogP contribution is -1.95. The van der Waals surface area contributed by atoms with Gasteiger partial charge in [-0.25, -0.2) is 9.37 Å². The molecule has 0 aliphatic carbocycles. The molecule has 0 aliphatic heterocycles. The highest BCUT2D eigenvalue weighted by molar-refractivity contribution is 5.97. The molecule has 1 heterocycles. The molecular formula is C16H13FN2O. The number of fused-ring (bicyclic) bond motifs is 1. The van der Waals surface area contributed by atoms with Crippen LogP contribution in [0.1, 0.15) is 0 Å². The van der Waals surface area contributed by atoms with E-state index in [2.05, 4.69) is 4.98 Å². The Morgan fingerprint density at radius 1 is 1.05 bits per heavy atom. The summed E-state index contributed by atoms with van der Waals surface area (Å²) in [6.07, 6.45) is 0. The Morgan fingerprint density at radius 3 is 2.50 bits per heavy atom. The highest BCUT2D eigenvalue weighted by Crippen LogP contribution is 2.32. The lowest BCUT2D eigenvalue weighted by atomic mass is 10.1. The van der Waals surface area contributed by atoms with E-state index in [1.54, 1.807) is 19.2 Å². The third-order valence-corrected chi connectivity index (χ3v) is 3.21. The van der Waals surface area contributed by atoms with Crippen LogP contribution in [0.15, 0.2) is 48.5 Å². The van der Waals surface area contributed by atoms with E-state index < -0.39 is 0 Å². The molecule has 0 fully saturated rings. The van der Waals surface area contributed by atoms with Crippen LogP contribution in [0.2, 0.25) is 0 Å². The van der Waals surface area contributed by atoms with Crippen LogP contribution in [0.25, 0.3) is 22.0 Å². The van der Waals surface area contributed by atoms with E-state index in [-0.39, 0.29) is 5.82 Å². The maximum absolute atomic E-state index is 13.0. The molecule has 4 heteroatoms. The van der Waals surface area contributed by atoms with Crippen molar-refractivity contribution >= 4 is 16.5 Å². The van der Waals surface area contributed by atoms with Gasteiger partial charge in [0, 0.05) is 22.0 Å². The number of anilines is 1. The second-order valence-electron chi connectivity index (χ2n) is 4.47. The number of rotatable bonds is 2. The number of aromatic nitrogens is 1. The third kappa shape index (κ3) is 2.05. The molecular weight excluding hydrogens is 255 g/mol. The number of benzene rings is 2. The van der Waals surface area contributed by atoms with Crippen molar-refractivity contribution in [3.05, 3.63) is 54.3 Å². The molecule has 0 radical (unpaired) electrons. The van der Waals surface area contributed by atoms with E-state index in [1.807, 2.05) is 24.3 Å². The van der Waals surface area contributed by atoms with E-state index >= 15 is 0 Å². The number of halogens is 1. The number of methoxy groups -OCH3 is 1. The fourth-order valence-corrected chi connectivity index (χ4v) is 2.19. The number of nitrogens with zero attached hydrogens (tertiary/aromatic N) is 1. The Morgan fingerprint density at radius 2 is 1.80 bits per heavy atom. The minimum absolute atomic E-state index is 0.277. The maximum atomic E-state index is 13.0. The normalized spacial score (nSPS) is 10.7. The molecule has 0 spiro atoms. The first-order chi connectivity index (χ1) is 9.69. The Balaban J connectivity index is 2.27. The molecule has 2 aromatic carbocycles. The van der Waals surface area contributed by atoms with E-state index in [4.69, 9.17) is 10.5 Å². The Kier molecular flexibility index (Phi) is 2.99. The van der Waals surface area contributed by atoms with Crippen LogP contribution in [0.5, 0.6) is 5.88 Å². The first-order valence-electron chi connectivity index (χ1n) is 6.18. The van der Waals surface area contributed by atoms with Crippen LogP contribution >= 0.6 is 0 Å². The summed E-state index contributed by atoms with van der Waals surface area (Å²) in [6.45, 7) is 0. The second-order valence-corrected chi connectivity index (χ2v) is 4.47. The number of nitrogen functional groups attached to an aromatic ring is 1. The van der Waals surface area contributed by atoms with Crippen molar-refractivity contribution in [3.8, 4) is 17.1 Å². The molecule has 100 valence electrons. The molecule has 2 N–H and O–H groups in total. The number of nitrogens with two attached hydrogens (primary N) is 1. The number of hydrogen-bond donors (Lipinski definition) is 1. The van der Waals surface area contributed by atoms with Gasteiger partial charge in [0.15, 0.2) is 0 Å². The summed E-state index contributed by atoms with van der Waals surface area (Å²) in [5, 5.41) is 1.73. The molecule has 3 aromatic rings. The van der Waals surface area contributed by atoms with Gasteiger partial charge in [-0.1, -0.05) is 6.07 Å². The predicted molar refractivity (Wildman–Crippen MR) is 78.1 cm³/mol. The van der Waals surface area contributed by atoms with Crippen LogP contribution in [0, 0.1) is 5.82 Å². The molecule has 0 unspecified atom stereocenters. The minimum Gasteiger partial charge on any atom is -0.481 e. The average molecular weight is 268 g/mol. The van der Waals surface area contributed by atoms with Gasteiger partial charge in [-0.15, -0.1) is 0 Å². The SMILES string of the molecule is COc1nc(-c2ccc(F)cc2)cc2c(N)cccc12. The van der Waals surface area contributed by atoms with E-state index in [1.165, 1.54) is 12.1 Å². The molecule has 0 saturated carbocycles. The maximum Gasteiger partial charge on any atom is 0.221 e. The van der Waals surface area contributed by atoms with Crippen molar-refractivity contribution < 1.29 is 9.13 Å². The van der Waals surface area contributed by atoms with Crippen molar-refractivity contribution in [2.24, 2.45) is 0 Å². The minimum atomic E-state index is -0.277. The van der Waals surface area contributed by atoms with Gasteiger partial charge in [0.25, 0.3) is 0 Å².